The molecule has 1 aliphatic rings. The minimum absolute atomic E-state index is 0.191. The Kier molecular flexibility index (Phi) is 3.96. The number of fused-ring (bicyclic) bond motifs is 1. The summed E-state index contributed by atoms with van der Waals surface area (Å²) in [5, 5.41) is 12.2. The number of carbonyl (C=O) groups is 3. The van der Waals surface area contributed by atoms with Crippen molar-refractivity contribution in [3.8, 4) is 11.4 Å². The molecule has 134 valence electrons. The number of amides is 2. The first-order valence-electron chi connectivity index (χ1n) is 8.06. The minimum Gasteiger partial charge on any atom is -0.328 e. The highest BCUT2D eigenvalue weighted by atomic mass is 16.7. The molecule has 0 saturated heterocycles. The van der Waals surface area contributed by atoms with Crippen molar-refractivity contribution in [3.63, 3.8) is 0 Å². The molecule has 0 fully saturated rings. The van der Waals surface area contributed by atoms with Crippen LogP contribution in [0.4, 0.5) is 0 Å². The highest BCUT2D eigenvalue weighted by Gasteiger charge is 2.38. The smallest absolute Gasteiger partial charge is 0.328 e. The van der Waals surface area contributed by atoms with Crippen LogP contribution in [0, 0.1) is 6.92 Å². The van der Waals surface area contributed by atoms with Crippen LogP contribution in [-0.2, 0) is 16.2 Å². The summed E-state index contributed by atoms with van der Waals surface area (Å²) in [4.78, 5) is 42.4. The van der Waals surface area contributed by atoms with E-state index in [0.29, 0.717) is 10.9 Å². The Labute approximate surface area is 153 Å². The van der Waals surface area contributed by atoms with Crippen LogP contribution in [0.3, 0.4) is 0 Å². The molecule has 27 heavy (non-hydrogen) atoms. The highest BCUT2D eigenvalue weighted by molar-refractivity contribution is 6.20. The molecule has 0 spiro atoms. The second kappa shape index (κ2) is 6.45. The van der Waals surface area contributed by atoms with E-state index in [9.17, 15) is 14.4 Å². The molecule has 2 amide bonds. The number of aromatic nitrogens is 4. The van der Waals surface area contributed by atoms with Crippen LogP contribution in [0.5, 0.6) is 0 Å². The van der Waals surface area contributed by atoms with E-state index < -0.39 is 24.3 Å². The van der Waals surface area contributed by atoms with Crippen molar-refractivity contribution in [3.05, 3.63) is 65.2 Å². The van der Waals surface area contributed by atoms with Crippen LogP contribution in [0.15, 0.2) is 48.5 Å². The number of benzene rings is 2. The Morgan fingerprint density at radius 2 is 1.63 bits per heavy atom. The summed E-state index contributed by atoms with van der Waals surface area (Å²) in [7, 11) is 0. The Hall–Kier alpha value is -3.88. The van der Waals surface area contributed by atoms with Gasteiger partial charge in [0.15, 0.2) is 6.54 Å². The Balaban J connectivity index is 1.44. The molecular weight excluding hydrogens is 350 g/mol. The maximum Gasteiger partial charge on any atom is 0.356 e. The molecule has 1 aliphatic heterocycles. The molecule has 0 saturated carbocycles. The van der Waals surface area contributed by atoms with Crippen molar-refractivity contribution < 1.29 is 19.2 Å². The van der Waals surface area contributed by atoms with E-state index in [0.717, 1.165) is 15.9 Å². The summed E-state index contributed by atoms with van der Waals surface area (Å²) < 4.78 is 0. The summed E-state index contributed by atoms with van der Waals surface area (Å²) in [6, 6.07) is 13.7. The van der Waals surface area contributed by atoms with Crippen molar-refractivity contribution in [1.82, 2.24) is 25.3 Å². The lowest BCUT2D eigenvalue weighted by Crippen LogP contribution is -2.34. The fourth-order valence-electron chi connectivity index (χ4n) is 2.62. The predicted molar refractivity (Wildman–Crippen MR) is 91.0 cm³/mol. The number of hydrogen-bond acceptors (Lipinski definition) is 7. The van der Waals surface area contributed by atoms with E-state index in [1.54, 1.807) is 12.1 Å². The average Bonchev–Trinajstić information content (AvgIpc) is 3.22. The van der Waals surface area contributed by atoms with Crippen molar-refractivity contribution >= 4 is 17.8 Å². The van der Waals surface area contributed by atoms with Gasteiger partial charge in [0.25, 0.3) is 11.8 Å². The lowest BCUT2D eigenvalue weighted by Gasteiger charge is -2.11. The van der Waals surface area contributed by atoms with Crippen LogP contribution in [0.1, 0.15) is 26.3 Å². The Morgan fingerprint density at radius 1 is 1.00 bits per heavy atom. The van der Waals surface area contributed by atoms with Gasteiger partial charge >= 0.3 is 5.97 Å². The first kappa shape index (κ1) is 16.6. The normalized spacial score (nSPS) is 13.0. The van der Waals surface area contributed by atoms with Crippen molar-refractivity contribution in [2.45, 2.75) is 13.5 Å². The van der Waals surface area contributed by atoms with Crippen molar-refractivity contribution in [2.24, 2.45) is 0 Å². The van der Waals surface area contributed by atoms with Gasteiger partial charge in [0, 0.05) is 5.56 Å². The lowest BCUT2D eigenvalue weighted by atomic mass is 10.1. The summed E-state index contributed by atoms with van der Waals surface area (Å²) in [5.41, 5.74) is 2.22. The third-order valence-electron chi connectivity index (χ3n) is 3.98. The summed E-state index contributed by atoms with van der Waals surface area (Å²) in [6.07, 6.45) is 0. The van der Waals surface area contributed by atoms with Crippen LogP contribution >= 0.6 is 0 Å². The fourth-order valence-corrected chi connectivity index (χ4v) is 2.62. The zero-order valence-corrected chi connectivity index (χ0v) is 14.2. The molecule has 3 aromatic rings. The van der Waals surface area contributed by atoms with Crippen LogP contribution < -0.4 is 0 Å². The zero-order chi connectivity index (χ0) is 19.0. The molecular formula is C18H13N5O4. The first-order chi connectivity index (χ1) is 13.0. The Morgan fingerprint density at radius 3 is 2.26 bits per heavy atom. The second-order valence-corrected chi connectivity index (χ2v) is 5.92. The molecule has 0 aliphatic carbocycles. The third-order valence-corrected chi connectivity index (χ3v) is 3.98. The predicted octanol–water partition coefficient (Wildman–Crippen LogP) is 1.40. The van der Waals surface area contributed by atoms with E-state index in [2.05, 4.69) is 15.4 Å². The van der Waals surface area contributed by atoms with Gasteiger partial charge < -0.3 is 4.84 Å². The van der Waals surface area contributed by atoms with Gasteiger partial charge in [-0.15, -0.1) is 10.2 Å². The van der Waals surface area contributed by atoms with E-state index >= 15 is 0 Å². The highest BCUT2D eigenvalue weighted by Crippen LogP contribution is 2.22. The molecule has 0 N–H and O–H groups in total. The number of rotatable bonds is 4. The first-order valence-corrected chi connectivity index (χ1v) is 8.06. The minimum atomic E-state index is -0.864. The van der Waals surface area contributed by atoms with E-state index in [4.69, 9.17) is 4.84 Å². The van der Waals surface area contributed by atoms with Crippen LogP contribution in [-0.4, -0.2) is 43.1 Å². The standard InChI is InChI=1S/C18H13N5O4/c1-11-6-8-12(9-7-11)16-19-21-22(20-16)10-15(24)27-23-17(25)13-4-2-3-5-14(13)18(23)26/h2-9H,10H2,1H3. The maximum atomic E-state index is 12.2. The second-order valence-electron chi connectivity index (χ2n) is 5.92. The van der Waals surface area contributed by atoms with Gasteiger partial charge in [0.05, 0.1) is 11.1 Å². The van der Waals surface area contributed by atoms with Crippen LogP contribution in [0.25, 0.3) is 11.4 Å². The summed E-state index contributed by atoms with van der Waals surface area (Å²) in [5.74, 6) is -1.88. The number of carbonyl (C=O) groups excluding carboxylic acids is 3. The number of tetrazole rings is 1. The van der Waals surface area contributed by atoms with Gasteiger partial charge in [-0.25, -0.2) is 4.79 Å². The van der Waals surface area contributed by atoms with Crippen LogP contribution in [0.2, 0.25) is 0 Å². The quantitative estimate of drug-likeness (QED) is 0.645. The van der Waals surface area contributed by atoms with Gasteiger partial charge in [0.2, 0.25) is 5.82 Å². The third kappa shape index (κ3) is 3.06. The monoisotopic (exact) mass is 363 g/mol. The lowest BCUT2D eigenvalue weighted by molar-refractivity contribution is -0.169. The largest absolute Gasteiger partial charge is 0.356 e. The molecule has 0 radical (unpaired) electrons. The summed E-state index contributed by atoms with van der Waals surface area (Å²) in [6.45, 7) is 1.57. The van der Waals surface area contributed by atoms with E-state index in [1.807, 2.05) is 31.2 Å². The molecule has 1 aromatic heterocycles. The van der Waals surface area contributed by atoms with Gasteiger partial charge in [-0.3, -0.25) is 9.59 Å². The molecule has 9 heteroatoms. The zero-order valence-electron chi connectivity index (χ0n) is 14.2. The van der Waals surface area contributed by atoms with Crippen molar-refractivity contribution in [2.75, 3.05) is 0 Å². The average molecular weight is 363 g/mol. The van der Waals surface area contributed by atoms with Crippen molar-refractivity contribution in [1.29, 1.82) is 0 Å². The number of hydroxylamine groups is 2. The maximum absolute atomic E-state index is 12.2. The molecule has 2 heterocycles. The Bertz CT molecular complexity index is 1020. The van der Waals surface area contributed by atoms with Gasteiger partial charge in [-0.2, -0.15) is 4.80 Å². The molecule has 0 unspecified atom stereocenters. The number of imide groups is 1. The topological polar surface area (TPSA) is 107 Å². The molecule has 2 aromatic carbocycles. The van der Waals surface area contributed by atoms with Gasteiger partial charge in [-0.1, -0.05) is 47.0 Å². The van der Waals surface area contributed by atoms with Gasteiger partial charge in [-0.05, 0) is 24.3 Å². The molecule has 4 rings (SSSR count). The number of hydrogen-bond donors (Lipinski definition) is 0. The number of nitrogens with zero attached hydrogens (tertiary/aromatic N) is 5. The van der Waals surface area contributed by atoms with E-state index in [1.165, 1.54) is 12.1 Å². The van der Waals surface area contributed by atoms with Gasteiger partial charge in [0.1, 0.15) is 0 Å². The molecule has 9 nitrogen and oxygen atoms in total. The number of aryl methyl sites for hydroxylation is 1. The SMILES string of the molecule is Cc1ccc(-c2nnn(CC(=O)ON3C(=O)c4ccccc4C3=O)n2)cc1. The molecule has 0 atom stereocenters. The molecule has 0 bridgehead atoms. The summed E-state index contributed by atoms with van der Waals surface area (Å²) >= 11 is 0. The van der Waals surface area contributed by atoms with E-state index in [-0.39, 0.29) is 11.1 Å². The fraction of sp³-hybridized carbons (Fsp3) is 0.111.